The Labute approximate surface area is 107 Å². The molecule has 0 saturated heterocycles. The topological polar surface area (TPSA) is 38.0 Å². The number of nitrogens with one attached hydrogen (secondary N) is 1. The second-order valence-electron chi connectivity index (χ2n) is 4.58. The molecular formula is C16H16N2. The van der Waals surface area contributed by atoms with Crippen LogP contribution in [0.15, 0.2) is 42.5 Å². The van der Waals surface area contributed by atoms with Gasteiger partial charge in [0.25, 0.3) is 0 Å². The maximum Gasteiger partial charge on any atom is 0.0461 e. The smallest absolute Gasteiger partial charge is 0.0461 e. The number of rotatable bonds is 1. The highest BCUT2D eigenvalue weighted by molar-refractivity contribution is 5.94. The summed E-state index contributed by atoms with van der Waals surface area (Å²) in [7, 11) is 0. The lowest BCUT2D eigenvalue weighted by Gasteiger charge is -2.11. The highest BCUT2D eigenvalue weighted by Gasteiger charge is 2.13. The van der Waals surface area contributed by atoms with Crippen LogP contribution in [0.25, 0.3) is 11.6 Å². The number of para-hydroxylation sites is 1. The van der Waals surface area contributed by atoms with Crippen molar-refractivity contribution in [3.05, 3.63) is 59.2 Å². The van der Waals surface area contributed by atoms with Crippen LogP contribution in [0.2, 0.25) is 0 Å². The van der Waals surface area contributed by atoms with Crippen molar-refractivity contribution in [1.82, 2.24) is 0 Å². The zero-order valence-electron chi connectivity index (χ0n) is 10.4. The molecule has 0 aliphatic carbocycles. The number of allylic oxidation sites excluding steroid dienone is 1. The van der Waals surface area contributed by atoms with Gasteiger partial charge in [-0.3, -0.25) is 0 Å². The molecule has 90 valence electrons. The van der Waals surface area contributed by atoms with Crippen LogP contribution >= 0.6 is 0 Å². The van der Waals surface area contributed by atoms with Crippen molar-refractivity contribution in [2.75, 3.05) is 5.32 Å². The fourth-order valence-electron chi connectivity index (χ4n) is 2.45. The normalized spacial score (nSPS) is 12.9. The lowest BCUT2D eigenvalue weighted by molar-refractivity contribution is 1.07. The minimum Gasteiger partial charge on any atom is -0.355 e. The summed E-state index contributed by atoms with van der Waals surface area (Å²) < 4.78 is 0. The van der Waals surface area contributed by atoms with Crippen LogP contribution in [0.3, 0.4) is 0 Å². The Balaban J connectivity index is 2.25. The van der Waals surface area contributed by atoms with E-state index in [1.165, 1.54) is 22.3 Å². The Morgan fingerprint density at radius 3 is 2.61 bits per heavy atom. The van der Waals surface area contributed by atoms with E-state index in [0.717, 1.165) is 11.4 Å². The van der Waals surface area contributed by atoms with Crippen molar-refractivity contribution >= 4 is 23.0 Å². The van der Waals surface area contributed by atoms with Gasteiger partial charge in [-0.15, -0.1) is 0 Å². The molecule has 0 unspecified atom stereocenters. The van der Waals surface area contributed by atoms with Gasteiger partial charge in [0.1, 0.15) is 0 Å². The number of benzene rings is 2. The van der Waals surface area contributed by atoms with E-state index < -0.39 is 0 Å². The zero-order chi connectivity index (χ0) is 12.5. The molecule has 2 heteroatoms. The van der Waals surface area contributed by atoms with Gasteiger partial charge in [-0.25, -0.2) is 0 Å². The first-order valence-corrected chi connectivity index (χ1v) is 6.16. The van der Waals surface area contributed by atoms with E-state index in [0.29, 0.717) is 6.54 Å². The number of fused-ring (bicyclic) bond motifs is 2. The maximum atomic E-state index is 5.82. The Kier molecular flexibility index (Phi) is 2.65. The minimum atomic E-state index is 0.560. The van der Waals surface area contributed by atoms with Crippen LogP contribution in [0.5, 0.6) is 0 Å². The van der Waals surface area contributed by atoms with Gasteiger partial charge in [0.15, 0.2) is 0 Å². The molecule has 0 aromatic heterocycles. The quantitative estimate of drug-likeness (QED) is 0.791. The van der Waals surface area contributed by atoms with E-state index in [1.807, 2.05) is 6.07 Å². The molecule has 0 bridgehead atoms. The molecule has 18 heavy (non-hydrogen) atoms. The van der Waals surface area contributed by atoms with E-state index in [9.17, 15) is 0 Å². The molecule has 0 saturated carbocycles. The Hall–Kier alpha value is -2.06. The molecule has 0 radical (unpaired) electrons. The van der Waals surface area contributed by atoms with E-state index in [4.69, 9.17) is 5.73 Å². The van der Waals surface area contributed by atoms with E-state index in [-0.39, 0.29) is 0 Å². The van der Waals surface area contributed by atoms with Crippen molar-refractivity contribution in [3.8, 4) is 0 Å². The van der Waals surface area contributed by atoms with Gasteiger partial charge in [-0.1, -0.05) is 30.3 Å². The lowest BCUT2D eigenvalue weighted by Crippen LogP contribution is -2.01. The summed E-state index contributed by atoms with van der Waals surface area (Å²) in [6.07, 6.45) is 2.22. The fraction of sp³-hybridized carbons (Fsp3) is 0.125. The summed E-state index contributed by atoms with van der Waals surface area (Å²) in [4.78, 5) is 0. The molecule has 1 aliphatic rings. The number of hydrogen-bond acceptors (Lipinski definition) is 2. The first-order valence-electron chi connectivity index (χ1n) is 6.16. The highest BCUT2D eigenvalue weighted by atomic mass is 14.9. The summed E-state index contributed by atoms with van der Waals surface area (Å²) in [5, 5.41) is 3.50. The third-order valence-corrected chi connectivity index (χ3v) is 3.40. The third-order valence-electron chi connectivity index (χ3n) is 3.40. The van der Waals surface area contributed by atoms with Crippen molar-refractivity contribution < 1.29 is 0 Å². The lowest BCUT2D eigenvalue weighted by atomic mass is 10.0. The summed E-state index contributed by atoms with van der Waals surface area (Å²) >= 11 is 0. The van der Waals surface area contributed by atoms with E-state index >= 15 is 0 Å². The molecule has 2 aromatic carbocycles. The van der Waals surface area contributed by atoms with Crippen LogP contribution < -0.4 is 11.1 Å². The summed E-state index contributed by atoms with van der Waals surface area (Å²) in [6.45, 7) is 2.70. The summed E-state index contributed by atoms with van der Waals surface area (Å²) in [6, 6.07) is 14.6. The molecular weight excluding hydrogens is 220 g/mol. The second kappa shape index (κ2) is 4.31. The van der Waals surface area contributed by atoms with Gasteiger partial charge in [0, 0.05) is 29.0 Å². The van der Waals surface area contributed by atoms with Crippen molar-refractivity contribution in [3.63, 3.8) is 0 Å². The summed E-state index contributed by atoms with van der Waals surface area (Å²) in [5.41, 5.74) is 13.0. The van der Waals surface area contributed by atoms with E-state index in [1.54, 1.807) is 0 Å². The molecule has 2 aromatic rings. The summed E-state index contributed by atoms with van der Waals surface area (Å²) in [5.74, 6) is 0. The molecule has 3 rings (SSSR count). The van der Waals surface area contributed by atoms with Crippen LogP contribution in [-0.2, 0) is 6.54 Å². The minimum absolute atomic E-state index is 0.560. The van der Waals surface area contributed by atoms with E-state index in [2.05, 4.69) is 54.7 Å². The fourth-order valence-corrected chi connectivity index (χ4v) is 2.45. The largest absolute Gasteiger partial charge is 0.355 e. The predicted molar refractivity (Wildman–Crippen MR) is 77.6 cm³/mol. The van der Waals surface area contributed by atoms with Gasteiger partial charge in [0.05, 0.1) is 0 Å². The van der Waals surface area contributed by atoms with Crippen LogP contribution in [0, 0.1) is 0 Å². The Morgan fingerprint density at radius 2 is 1.78 bits per heavy atom. The number of hydrogen-bond donors (Lipinski definition) is 2. The Morgan fingerprint density at radius 1 is 1.00 bits per heavy atom. The zero-order valence-corrected chi connectivity index (χ0v) is 10.4. The SMILES string of the molecule is CC1=Cc2c(CN)cccc2Nc2ccccc21. The molecule has 2 nitrogen and oxygen atoms in total. The van der Waals surface area contributed by atoms with Crippen molar-refractivity contribution in [1.29, 1.82) is 0 Å². The van der Waals surface area contributed by atoms with Gasteiger partial charge >= 0.3 is 0 Å². The molecule has 0 atom stereocenters. The second-order valence-corrected chi connectivity index (χ2v) is 4.58. The van der Waals surface area contributed by atoms with Gasteiger partial charge in [-0.05, 0) is 36.3 Å². The average Bonchev–Trinajstić information content (AvgIpc) is 2.54. The van der Waals surface area contributed by atoms with Crippen LogP contribution in [0.4, 0.5) is 11.4 Å². The molecule has 0 spiro atoms. The molecule has 1 aliphatic heterocycles. The highest BCUT2D eigenvalue weighted by Crippen LogP contribution is 2.35. The molecule has 0 fully saturated rings. The van der Waals surface area contributed by atoms with Gasteiger partial charge in [0.2, 0.25) is 0 Å². The monoisotopic (exact) mass is 236 g/mol. The first kappa shape index (κ1) is 11.1. The third kappa shape index (κ3) is 1.71. The predicted octanol–water partition coefficient (Wildman–Crippen LogP) is 3.76. The average molecular weight is 236 g/mol. The number of nitrogens with two attached hydrogens (primary N) is 1. The molecule has 0 amide bonds. The van der Waals surface area contributed by atoms with Crippen LogP contribution in [0.1, 0.15) is 23.6 Å². The van der Waals surface area contributed by atoms with Crippen molar-refractivity contribution in [2.24, 2.45) is 5.73 Å². The van der Waals surface area contributed by atoms with Gasteiger partial charge in [-0.2, -0.15) is 0 Å². The van der Waals surface area contributed by atoms with Crippen molar-refractivity contribution in [2.45, 2.75) is 13.5 Å². The van der Waals surface area contributed by atoms with Crippen LogP contribution in [-0.4, -0.2) is 0 Å². The first-order chi connectivity index (χ1) is 8.79. The molecule has 3 N–H and O–H groups in total. The molecule has 1 heterocycles. The van der Waals surface area contributed by atoms with Gasteiger partial charge < -0.3 is 11.1 Å². The number of anilines is 2. The standard InChI is InChI=1S/C16H16N2/c1-11-9-14-12(10-17)5-4-8-16(14)18-15-7-3-2-6-13(11)15/h2-9,18H,10,17H2,1H3. The maximum absolute atomic E-state index is 5.82. The Bertz CT molecular complexity index is 627.